The average molecular weight is 407 g/mol. The van der Waals surface area contributed by atoms with Crippen LogP contribution < -0.4 is 19.5 Å². The monoisotopic (exact) mass is 407 g/mol. The smallest absolute Gasteiger partial charge is 0.248 e. The van der Waals surface area contributed by atoms with Crippen LogP contribution in [0.2, 0.25) is 0 Å². The summed E-state index contributed by atoms with van der Waals surface area (Å²) in [4.78, 5) is 16.2. The molecule has 1 amide bonds. The Balaban J connectivity index is 1.50. The van der Waals surface area contributed by atoms with Crippen LogP contribution in [-0.4, -0.2) is 35.8 Å². The van der Waals surface area contributed by atoms with E-state index in [1.165, 1.54) is 6.08 Å². The largest absolute Gasteiger partial charge is 0.493 e. The summed E-state index contributed by atoms with van der Waals surface area (Å²) in [5.74, 6) is 1.82. The Morgan fingerprint density at radius 1 is 1.13 bits per heavy atom. The summed E-state index contributed by atoms with van der Waals surface area (Å²) in [5, 5.41) is 2.83. The van der Waals surface area contributed by atoms with Crippen molar-refractivity contribution in [1.82, 2.24) is 9.55 Å². The number of methoxy groups -OCH3 is 1. The van der Waals surface area contributed by atoms with E-state index in [1.807, 2.05) is 48.0 Å². The van der Waals surface area contributed by atoms with Crippen LogP contribution in [0.25, 0.3) is 6.08 Å². The van der Waals surface area contributed by atoms with Crippen LogP contribution in [0.4, 0.5) is 5.69 Å². The van der Waals surface area contributed by atoms with Crippen molar-refractivity contribution in [3.8, 4) is 17.2 Å². The molecule has 1 N–H and O–H groups in total. The first-order valence-electron chi connectivity index (χ1n) is 9.66. The van der Waals surface area contributed by atoms with Crippen LogP contribution in [-0.2, 0) is 11.3 Å². The molecule has 1 heterocycles. The Bertz CT molecular complexity index is 967. The minimum atomic E-state index is -0.225. The number of hydrogen-bond acceptors (Lipinski definition) is 5. The Morgan fingerprint density at radius 2 is 1.97 bits per heavy atom. The van der Waals surface area contributed by atoms with Crippen molar-refractivity contribution in [1.29, 1.82) is 0 Å². The second-order valence-corrected chi connectivity index (χ2v) is 6.34. The first-order valence-corrected chi connectivity index (χ1v) is 9.66. The van der Waals surface area contributed by atoms with E-state index < -0.39 is 0 Å². The summed E-state index contributed by atoms with van der Waals surface area (Å²) in [7, 11) is 1.59. The van der Waals surface area contributed by atoms with Crippen molar-refractivity contribution in [3.63, 3.8) is 0 Å². The third kappa shape index (κ3) is 6.13. The van der Waals surface area contributed by atoms with Gasteiger partial charge in [0.25, 0.3) is 0 Å². The van der Waals surface area contributed by atoms with Crippen molar-refractivity contribution < 1.29 is 19.0 Å². The van der Waals surface area contributed by atoms with Crippen LogP contribution >= 0.6 is 0 Å². The molecular formula is C23H25N3O4. The van der Waals surface area contributed by atoms with Gasteiger partial charge in [0.05, 0.1) is 26.6 Å². The van der Waals surface area contributed by atoms with E-state index in [0.29, 0.717) is 30.4 Å². The van der Waals surface area contributed by atoms with Gasteiger partial charge in [-0.15, -0.1) is 0 Å². The number of carbonyl (C=O) groups excluding carboxylic acids is 1. The maximum absolute atomic E-state index is 12.2. The van der Waals surface area contributed by atoms with E-state index >= 15 is 0 Å². The molecule has 3 rings (SSSR count). The second-order valence-electron chi connectivity index (χ2n) is 6.34. The lowest BCUT2D eigenvalue weighted by Gasteiger charge is -2.09. The number of benzene rings is 2. The molecule has 0 spiro atoms. The quantitative estimate of drug-likeness (QED) is 0.514. The molecule has 7 nitrogen and oxygen atoms in total. The standard InChI is InChI=1S/C23H25N3O4/c1-3-29-21-10-4-18(16-22(21)28-2)5-11-23(27)25-19-6-8-20(9-7-19)30-15-14-26-13-12-24-17-26/h4-13,16-17H,3,14-15H2,1-2H3,(H,25,27)/b11-5+. The van der Waals surface area contributed by atoms with Crippen LogP contribution in [0.5, 0.6) is 17.2 Å². The topological polar surface area (TPSA) is 74.6 Å². The van der Waals surface area contributed by atoms with Crippen molar-refractivity contribution >= 4 is 17.7 Å². The number of carbonyl (C=O) groups is 1. The molecule has 0 aliphatic heterocycles. The van der Waals surface area contributed by atoms with Crippen molar-refractivity contribution in [2.24, 2.45) is 0 Å². The molecule has 0 unspecified atom stereocenters. The van der Waals surface area contributed by atoms with Gasteiger partial charge in [-0.3, -0.25) is 4.79 Å². The van der Waals surface area contributed by atoms with Crippen LogP contribution in [0.3, 0.4) is 0 Å². The third-order valence-electron chi connectivity index (χ3n) is 4.21. The number of aromatic nitrogens is 2. The van der Waals surface area contributed by atoms with Gasteiger partial charge in [-0.2, -0.15) is 0 Å². The summed E-state index contributed by atoms with van der Waals surface area (Å²) >= 11 is 0. The van der Waals surface area contributed by atoms with Crippen molar-refractivity contribution in [2.45, 2.75) is 13.5 Å². The SMILES string of the molecule is CCOc1ccc(/C=C/C(=O)Nc2ccc(OCCn3ccnc3)cc2)cc1OC. The lowest BCUT2D eigenvalue weighted by Crippen LogP contribution is -2.08. The number of nitrogens with one attached hydrogen (secondary N) is 1. The number of anilines is 1. The fourth-order valence-corrected chi connectivity index (χ4v) is 2.74. The number of amides is 1. The number of nitrogens with zero attached hydrogens (tertiary/aromatic N) is 2. The zero-order valence-corrected chi connectivity index (χ0v) is 17.1. The zero-order valence-electron chi connectivity index (χ0n) is 17.1. The van der Waals surface area contributed by atoms with Gasteiger partial charge >= 0.3 is 0 Å². The minimum absolute atomic E-state index is 0.225. The van der Waals surface area contributed by atoms with E-state index in [4.69, 9.17) is 14.2 Å². The Kier molecular flexibility index (Phi) is 7.49. The van der Waals surface area contributed by atoms with Gasteiger partial charge in [-0.25, -0.2) is 4.98 Å². The third-order valence-corrected chi connectivity index (χ3v) is 4.21. The fourth-order valence-electron chi connectivity index (χ4n) is 2.74. The molecule has 0 atom stereocenters. The molecule has 3 aromatic rings. The molecular weight excluding hydrogens is 382 g/mol. The normalized spacial score (nSPS) is 10.7. The molecule has 0 saturated carbocycles. The highest BCUT2D eigenvalue weighted by Gasteiger charge is 2.04. The van der Waals surface area contributed by atoms with Gasteiger partial charge < -0.3 is 24.1 Å². The highest BCUT2D eigenvalue weighted by molar-refractivity contribution is 6.01. The van der Waals surface area contributed by atoms with Gasteiger partial charge in [-0.05, 0) is 55.0 Å². The minimum Gasteiger partial charge on any atom is -0.493 e. The average Bonchev–Trinajstić information content (AvgIpc) is 3.28. The number of rotatable bonds is 10. The van der Waals surface area contributed by atoms with Gasteiger partial charge in [0.1, 0.15) is 12.4 Å². The van der Waals surface area contributed by atoms with Crippen LogP contribution in [0.15, 0.2) is 67.3 Å². The first-order chi connectivity index (χ1) is 14.7. The molecule has 0 bridgehead atoms. The van der Waals surface area contributed by atoms with Crippen LogP contribution in [0.1, 0.15) is 12.5 Å². The van der Waals surface area contributed by atoms with E-state index in [1.54, 1.807) is 37.8 Å². The van der Waals surface area contributed by atoms with Crippen LogP contribution in [0, 0.1) is 0 Å². The Labute approximate surface area is 175 Å². The molecule has 0 radical (unpaired) electrons. The zero-order chi connectivity index (χ0) is 21.2. The molecule has 0 fully saturated rings. The number of imidazole rings is 1. The molecule has 1 aromatic heterocycles. The van der Waals surface area contributed by atoms with E-state index in [2.05, 4.69) is 10.3 Å². The summed E-state index contributed by atoms with van der Waals surface area (Å²) in [6.07, 6.45) is 8.57. The maximum Gasteiger partial charge on any atom is 0.248 e. The highest BCUT2D eigenvalue weighted by Crippen LogP contribution is 2.28. The molecule has 0 aliphatic carbocycles. The van der Waals surface area contributed by atoms with E-state index in [9.17, 15) is 4.79 Å². The second kappa shape index (κ2) is 10.7. The predicted octanol–water partition coefficient (Wildman–Crippen LogP) is 4.02. The molecule has 7 heteroatoms. The van der Waals surface area contributed by atoms with Crippen molar-refractivity contribution in [3.05, 3.63) is 72.8 Å². The lowest BCUT2D eigenvalue weighted by atomic mass is 10.2. The summed E-state index contributed by atoms with van der Waals surface area (Å²) < 4.78 is 18.5. The van der Waals surface area contributed by atoms with E-state index in [-0.39, 0.29) is 5.91 Å². The van der Waals surface area contributed by atoms with Gasteiger partial charge in [0.15, 0.2) is 11.5 Å². The first kappa shape index (κ1) is 21.0. The molecule has 0 aliphatic rings. The van der Waals surface area contributed by atoms with Crippen molar-refractivity contribution in [2.75, 3.05) is 25.6 Å². The number of ether oxygens (including phenoxy) is 3. The summed E-state index contributed by atoms with van der Waals surface area (Å²) in [6.45, 7) is 3.73. The fraction of sp³-hybridized carbons (Fsp3) is 0.217. The maximum atomic E-state index is 12.2. The number of hydrogen-bond donors (Lipinski definition) is 1. The molecule has 0 saturated heterocycles. The summed E-state index contributed by atoms with van der Waals surface area (Å²) in [6, 6.07) is 12.8. The van der Waals surface area contributed by atoms with Gasteiger partial charge in [-0.1, -0.05) is 6.07 Å². The highest BCUT2D eigenvalue weighted by atomic mass is 16.5. The molecule has 156 valence electrons. The lowest BCUT2D eigenvalue weighted by molar-refractivity contribution is -0.111. The van der Waals surface area contributed by atoms with Gasteiger partial charge in [0.2, 0.25) is 5.91 Å². The molecule has 30 heavy (non-hydrogen) atoms. The van der Waals surface area contributed by atoms with Gasteiger partial charge in [0, 0.05) is 24.2 Å². The summed E-state index contributed by atoms with van der Waals surface area (Å²) in [5.41, 5.74) is 1.53. The molecule has 2 aromatic carbocycles. The Morgan fingerprint density at radius 3 is 2.67 bits per heavy atom. The Hall–Kier alpha value is -3.74. The predicted molar refractivity (Wildman–Crippen MR) is 116 cm³/mol. The van der Waals surface area contributed by atoms with E-state index in [0.717, 1.165) is 17.9 Å².